The highest BCUT2D eigenvalue weighted by Gasteiger charge is 2.16. The minimum absolute atomic E-state index is 0.00571. The number of aliphatic hydroxyl groups excluding tert-OH is 2. The summed E-state index contributed by atoms with van der Waals surface area (Å²) in [6.45, 7) is -1.01. The number of hydrogen-bond acceptors (Lipinski definition) is 5. The van der Waals surface area contributed by atoms with Gasteiger partial charge in [-0.2, -0.15) is 0 Å². The van der Waals surface area contributed by atoms with Crippen molar-refractivity contribution in [3.63, 3.8) is 0 Å². The van der Waals surface area contributed by atoms with Crippen LogP contribution in [-0.4, -0.2) is 54.7 Å². The van der Waals surface area contributed by atoms with E-state index in [1.54, 1.807) is 0 Å². The van der Waals surface area contributed by atoms with E-state index in [1.165, 1.54) is 0 Å². The molecule has 0 aliphatic heterocycles. The van der Waals surface area contributed by atoms with E-state index in [-0.39, 0.29) is 18.6 Å². The molecule has 0 aliphatic rings. The maximum atomic E-state index is 11.2. The first kappa shape index (κ1) is 14.3. The number of aliphatic hydroxyl groups is 2. The minimum Gasteiger partial charge on any atom is -0.481 e. The Hall–Kier alpha value is -0.700. The van der Waals surface area contributed by atoms with E-state index >= 15 is 0 Å². The molecular formula is C7H15NO6S. The summed E-state index contributed by atoms with van der Waals surface area (Å²) < 4.78 is 24.5. The van der Waals surface area contributed by atoms with E-state index in [0.29, 0.717) is 0 Å². The number of sulfonamides is 1. The van der Waals surface area contributed by atoms with E-state index < -0.39 is 35.2 Å². The number of rotatable bonds is 8. The highest BCUT2D eigenvalue weighted by molar-refractivity contribution is 7.89. The van der Waals surface area contributed by atoms with Crippen molar-refractivity contribution in [2.45, 2.75) is 18.9 Å². The topological polar surface area (TPSA) is 124 Å². The van der Waals surface area contributed by atoms with Gasteiger partial charge < -0.3 is 15.3 Å². The van der Waals surface area contributed by atoms with E-state index in [9.17, 15) is 13.2 Å². The molecule has 0 aromatic carbocycles. The van der Waals surface area contributed by atoms with Gasteiger partial charge in [0.15, 0.2) is 0 Å². The van der Waals surface area contributed by atoms with Gasteiger partial charge in [0.25, 0.3) is 0 Å². The second-order valence-corrected chi connectivity index (χ2v) is 4.87. The molecule has 0 aliphatic carbocycles. The summed E-state index contributed by atoms with van der Waals surface area (Å²) in [4.78, 5) is 10.1. The number of nitrogens with one attached hydrogen (secondary N) is 1. The van der Waals surface area contributed by atoms with Crippen molar-refractivity contribution in [2.75, 3.05) is 19.0 Å². The molecule has 0 atom stereocenters. The zero-order valence-corrected chi connectivity index (χ0v) is 8.90. The molecule has 0 fully saturated rings. The Morgan fingerprint density at radius 2 is 1.80 bits per heavy atom. The van der Waals surface area contributed by atoms with Gasteiger partial charge in [0.1, 0.15) is 0 Å². The van der Waals surface area contributed by atoms with Gasteiger partial charge in [-0.15, -0.1) is 0 Å². The fourth-order valence-corrected chi connectivity index (χ4v) is 2.16. The molecule has 0 heterocycles. The normalized spacial score (nSPS) is 11.9. The fourth-order valence-electron chi connectivity index (χ4n) is 0.859. The molecule has 8 heteroatoms. The first-order chi connectivity index (χ1) is 6.91. The van der Waals surface area contributed by atoms with Gasteiger partial charge in [-0.25, -0.2) is 13.1 Å². The first-order valence-electron chi connectivity index (χ1n) is 4.35. The molecule has 0 amide bonds. The van der Waals surface area contributed by atoms with Crippen molar-refractivity contribution in [3.8, 4) is 0 Å². The van der Waals surface area contributed by atoms with Gasteiger partial charge in [0.2, 0.25) is 10.0 Å². The third-order valence-electron chi connectivity index (χ3n) is 1.59. The third-order valence-corrected chi connectivity index (χ3v) is 3.11. The molecule has 0 aromatic heterocycles. The lowest BCUT2D eigenvalue weighted by Gasteiger charge is -2.13. The number of hydrogen-bond donors (Lipinski definition) is 4. The predicted octanol–water partition coefficient (Wildman–Crippen LogP) is -1.88. The second-order valence-electron chi connectivity index (χ2n) is 3.00. The average Bonchev–Trinajstić information content (AvgIpc) is 2.13. The van der Waals surface area contributed by atoms with Gasteiger partial charge in [0, 0.05) is 6.42 Å². The molecule has 0 aromatic rings. The summed E-state index contributed by atoms with van der Waals surface area (Å²) in [6.07, 6.45) is -0.238. The van der Waals surface area contributed by atoms with Gasteiger partial charge in [-0.05, 0) is 6.42 Å². The van der Waals surface area contributed by atoms with Gasteiger partial charge in [-0.1, -0.05) is 0 Å². The molecule has 4 N–H and O–H groups in total. The van der Waals surface area contributed by atoms with Gasteiger partial charge in [0.05, 0.1) is 25.0 Å². The van der Waals surface area contributed by atoms with E-state index in [2.05, 4.69) is 0 Å². The standard InChI is InChI=1S/C7H15NO6S/c9-4-6(5-10)8-15(13,14)3-1-2-7(11)12/h6,8-10H,1-5H2,(H,11,12). The van der Waals surface area contributed by atoms with Crippen LogP contribution in [0.15, 0.2) is 0 Å². The zero-order valence-electron chi connectivity index (χ0n) is 8.09. The first-order valence-corrected chi connectivity index (χ1v) is 6.00. The number of carboxylic acids is 1. The van der Waals surface area contributed by atoms with Crippen LogP contribution in [0.5, 0.6) is 0 Å². The van der Waals surface area contributed by atoms with Gasteiger partial charge >= 0.3 is 5.97 Å². The molecule has 0 bridgehead atoms. The molecule has 15 heavy (non-hydrogen) atoms. The van der Waals surface area contributed by atoms with Crippen LogP contribution in [0.4, 0.5) is 0 Å². The van der Waals surface area contributed by atoms with Crippen molar-refractivity contribution in [1.82, 2.24) is 4.72 Å². The van der Waals surface area contributed by atoms with Gasteiger partial charge in [-0.3, -0.25) is 4.79 Å². The molecule has 0 saturated heterocycles. The van der Waals surface area contributed by atoms with Crippen molar-refractivity contribution >= 4 is 16.0 Å². The lowest BCUT2D eigenvalue weighted by molar-refractivity contribution is -0.137. The second kappa shape index (κ2) is 6.72. The summed E-state index contributed by atoms with van der Waals surface area (Å²) in [5, 5.41) is 25.5. The Balaban J connectivity index is 4.02. The van der Waals surface area contributed by atoms with Crippen LogP contribution in [0.2, 0.25) is 0 Å². The summed E-state index contributed by atoms with van der Waals surface area (Å²) in [5.74, 6) is -1.40. The highest BCUT2D eigenvalue weighted by Crippen LogP contribution is 1.96. The fraction of sp³-hybridized carbons (Fsp3) is 0.857. The number of aliphatic carboxylic acids is 1. The molecular weight excluding hydrogens is 226 g/mol. The predicted molar refractivity (Wildman–Crippen MR) is 51.8 cm³/mol. The Morgan fingerprint density at radius 1 is 1.27 bits per heavy atom. The van der Waals surface area contributed by atoms with E-state index in [0.717, 1.165) is 0 Å². The van der Waals surface area contributed by atoms with Crippen molar-refractivity contribution < 1.29 is 28.5 Å². The van der Waals surface area contributed by atoms with Crippen LogP contribution < -0.4 is 4.72 Å². The molecule has 0 spiro atoms. The molecule has 90 valence electrons. The van der Waals surface area contributed by atoms with Crippen LogP contribution in [0.1, 0.15) is 12.8 Å². The van der Waals surface area contributed by atoms with Crippen molar-refractivity contribution in [3.05, 3.63) is 0 Å². The summed E-state index contributed by atoms with van der Waals surface area (Å²) >= 11 is 0. The monoisotopic (exact) mass is 241 g/mol. The van der Waals surface area contributed by atoms with Crippen LogP contribution >= 0.6 is 0 Å². The quantitative estimate of drug-likeness (QED) is 0.394. The third kappa shape index (κ3) is 7.25. The van der Waals surface area contributed by atoms with Crippen LogP contribution in [0.25, 0.3) is 0 Å². The highest BCUT2D eigenvalue weighted by atomic mass is 32.2. The number of carbonyl (C=O) groups is 1. The van der Waals surface area contributed by atoms with Crippen LogP contribution in [-0.2, 0) is 14.8 Å². The van der Waals surface area contributed by atoms with Crippen molar-refractivity contribution in [2.24, 2.45) is 0 Å². The Kier molecular flexibility index (Phi) is 6.41. The Bertz CT molecular complexity index is 284. The van der Waals surface area contributed by atoms with Crippen molar-refractivity contribution in [1.29, 1.82) is 0 Å². The molecule has 0 rings (SSSR count). The summed E-state index contributed by atoms with van der Waals surface area (Å²) in [5.41, 5.74) is 0. The SMILES string of the molecule is O=C(O)CCCS(=O)(=O)NC(CO)CO. The lowest BCUT2D eigenvalue weighted by Crippen LogP contribution is -2.41. The number of carboxylic acid groups (broad SMARTS) is 1. The smallest absolute Gasteiger partial charge is 0.303 e. The largest absolute Gasteiger partial charge is 0.481 e. The Morgan fingerprint density at radius 3 is 2.20 bits per heavy atom. The maximum Gasteiger partial charge on any atom is 0.303 e. The van der Waals surface area contributed by atoms with Crippen LogP contribution in [0.3, 0.4) is 0 Å². The molecule has 7 nitrogen and oxygen atoms in total. The van der Waals surface area contributed by atoms with E-state index in [1.807, 2.05) is 4.72 Å². The molecule has 0 saturated carbocycles. The molecule has 0 unspecified atom stereocenters. The Labute approximate surface area is 87.8 Å². The maximum absolute atomic E-state index is 11.2. The summed E-state index contributed by atoms with van der Waals surface area (Å²) in [6, 6.07) is -0.931. The van der Waals surface area contributed by atoms with Crippen LogP contribution in [0, 0.1) is 0 Å². The van der Waals surface area contributed by atoms with E-state index in [4.69, 9.17) is 15.3 Å². The lowest BCUT2D eigenvalue weighted by atomic mass is 10.3. The molecule has 0 radical (unpaired) electrons. The minimum atomic E-state index is -3.63. The zero-order chi connectivity index (χ0) is 11.9. The summed E-state index contributed by atoms with van der Waals surface area (Å²) in [7, 11) is -3.63. The average molecular weight is 241 g/mol.